The van der Waals surface area contributed by atoms with Crippen molar-refractivity contribution in [3.63, 3.8) is 0 Å². The van der Waals surface area contributed by atoms with Crippen LogP contribution in [-0.2, 0) is 17.4 Å². The second-order valence-electron chi connectivity index (χ2n) is 5.98. The highest BCUT2D eigenvalue weighted by atomic mass is 35.5. The standard InChI is InChI=1S/C16H21F3N2O2.ClH/c17-16(18,19)12-3-1-2-10(8-12)6-7-21-15(23)11-4-5-14(22)13(20)9-11;/h1-3,8,11,13-14,22H,4-7,9,20H2,(H,21,23);1H/t11-,13+,14+;/m0./s1. The Balaban J connectivity index is 0.00000288. The molecule has 1 aliphatic rings. The summed E-state index contributed by atoms with van der Waals surface area (Å²) in [5.41, 5.74) is 5.58. The fourth-order valence-corrected chi connectivity index (χ4v) is 2.81. The molecule has 0 aromatic heterocycles. The molecule has 0 aliphatic heterocycles. The molecule has 0 saturated heterocycles. The van der Waals surface area contributed by atoms with Gasteiger partial charge in [-0.25, -0.2) is 0 Å². The summed E-state index contributed by atoms with van der Waals surface area (Å²) >= 11 is 0. The second-order valence-corrected chi connectivity index (χ2v) is 5.98. The average Bonchev–Trinajstić information content (AvgIpc) is 2.49. The minimum absolute atomic E-state index is 0. The van der Waals surface area contributed by atoms with Crippen LogP contribution in [-0.4, -0.2) is 29.7 Å². The monoisotopic (exact) mass is 366 g/mol. The summed E-state index contributed by atoms with van der Waals surface area (Å²) in [5, 5.41) is 12.3. The normalized spacial score (nSPS) is 24.1. The number of hydrogen-bond acceptors (Lipinski definition) is 3. The molecule has 0 radical (unpaired) electrons. The van der Waals surface area contributed by atoms with Crippen LogP contribution in [0.3, 0.4) is 0 Å². The fourth-order valence-electron chi connectivity index (χ4n) is 2.81. The molecule has 8 heteroatoms. The number of carbonyl (C=O) groups excluding carboxylic acids is 1. The van der Waals surface area contributed by atoms with Gasteiger partial charge in [0, 0.05) is 18.5 Å². The van der Waals surface area contributed by atoms with Crippen LogP contribution in [0.5, 0.6) is 0 Å². The van der Waals surface area contributed by atoms with E-state index >= 15 is 0 Å². The van der Waals surface area contributed by atoms with E-state index in [1.54, 1.807) is 6.07 Å². The first-order valence-corrected chi connectivity index (χ1v) is 7.65. The zero-order chi connectivity index (χ0) is 17.0. The number of benzene rings is 1. The van der Waals surface area contributed by atoms with Crippen molar-refractivity contribution < 1.29 is 23.1 Å². The number of nitrogens with two attached hydrogens (primary N) is 1. The summed E-state index contributed by atoms with van der Waals surface area (Å²) in [4.78, 5) is 12.0. The molecular formula is C16H22ClF3N2O2. The Morgan fingerprint density at radius 3 is 2.67 bits per heavy atom. The predicted octanol–water partition coefficient (Wildman–Crippen LogP) is 2.27. The molecule has 1 aromatic carbocycles. The predicted molar refractivity (Wildman–Crippen MR) is 86.7 cm³/mol. The van der Waals surface area contributed by atoms with Gasteiger partial charge in [0.15, 0.2) is 0 Å². The molecule has 24 heavy (non-hydrogen) atoms. The van der Waals surface area contributed by atoms with Gasteiger partial charge in [-0.1, -0.05) is 18.2 Å². The van der Waals surface area contributed by atoms with Crippen LogP contribution in [0, 0.1) is 5.92 Å². The van der Waals surface area contributed by atoms with Crippen LogP contribution in [0.2, 0.25) is 0 Å². The van der Waals surface area contributed by atoms with Crippen molar-refractivity contribution in [1.29, 1.82) is 0 Å². The molecule has 0 bridgehead atoms. The summed E-state index contributed by atoms with van der Waals surface area (Å²) in [6.07, 6.45) is -3.10. The van der Waals surface area contributed by atoms with Gasteiger partial charge in [0.2, 0.25) is 5.91 Å². The minimum atomic E-state index is -4.36. The summed E-state index contributed by atoms with van der Waals surface area (Å²) in [6, 6.07) is 4.69. The first kappa shape index (κ1) is 20.7. The number of halogens is 4. The number of rotatable bonds is 4. The SMILES string of the molecule is Cl.N[C@@H]1C[C@@H](C(=O)NCCc2cccc(C(F)(F)F)c2)CC[C@H]1O. The average molecular weight is 367 g/mol. The molecule has 4 nitrogen and oxygen atoms in total. The molecule has 1 aliphatic carbocycles. The maximum atomic E-state index is 12.6. The van der Waals surface area contributed by atoms with E-state index in [0.717, 1.165) is 12.1 Å². The van der Waals surface area contributed by atoms with Gasteiger partial charge in [-0.2, -0.15) is 13.2 Å². The Labute approximate surface area is 145 Å². The summed E-state index contributed by atoms with van der Waals surface area (Å²) < 4.78 is 37.9. The van der Waals surface area contributed by atoms with Crippen molar-refractivity contribution in [2.75, 3.05) is 6.54 Å². The third-order valence-corrected chi connectivity index (χ3v) is 4.20. The van der Waals surface area contributed by atoms with Gasteiger partial charge in [0.25, 0.3) is 0 Å². The number of alkyl halides is 3. The van der Waals surface area contributed by atoms with E-state index < -0.39 is 23.9 Å². The van der Waals surface area contributed by atoms with E-state index in [1.165, 1.54) is 6.07 Å². The molecule has 4 N–H and O–H groups in total. The lowest BCUT2D eigenvalue weighted by atomic mass is 9.83. The Bertz CT molecular complexity index is 554. The fraction of sp³-hybridized carbons (Fsp3) is 0.562. The third-order valence-electron chi connectivity index (χ3n) is 4.20. The van der Waals surface area contributed by atoms with Crippen LogP contribution in [0.25, 0.3) is 0 Å². The van der Waals surface area contributed by atoms with Gasteiger partial charge in [-0.3, -0.25) is 4.79 Å². The number of aliphatic hydroxyl groups is 1. The maximum Gasteiger partial charge on any atom is 0.416 e. The molecule has 0 heterocycles. The first-order valence-electron chi connectivity index (χ1n) is 7.65. The summed E-state index contributed by atoms with van der Waals surface area (Å²) in [6.45, 7) is 0.272. The Kier molecular flexibility index (Phi) is 7.51. The molecular weight excluding hydrogens is 345 g/mol. The zero-order valence-corrected chi connectivity index (χ0v) is 13.9. The van der Waals surface area contributed by atoms with Crippen LogP contribution in [0.1, 0.15) is 30.4 Å². The van der Waals surface area contributed by atoms with Crippen molar-refractivity contribution >= 4 is 18.3 Å². The Morgan fingerprint density at radius 2 is 2.04 bits per heavy atom. The molecule has 2 rings (SSSR count). The van der Waals surface area contributed by atoms with Gasteiger partial charge in [0.05, 0.1) is 11.7 Å². The van der Waals surface area contributed by atoms with Crippen molar-refractivity contribution in [1.82, 2.24) is 5.32 Å². The van der Waals surface area contributed by atoms with Crippen molar-refractivity contribution in [2.45, 2.75) is 44.0 Å². The number of aliphatic hydroxyl groups excluding tert-OH is 1. The molecule has 1 saturated carbocycles. The number of carbonyl (C=O) groups is 1. The highest BCUT2D eigenvalue weighted by Gasteiger charge is 2.31. The second kappa shape index (κ2) is 8.69. The van der Waals surface area contributed by atoms with Crippen molar-refractivity contribution in [2.24, 2.45) is 11.7 Å². The van der Waals surface area contributed by atoms with Crippen LogP contribution >= 0.6 is 12.4 Å². The zero-order valence-electron chi connectivity index (χ0n) is 13.1. The highest BCUT2D eigenvalue weighted by Crippen LogP contribution is 2.29. The quantitative estimate of drug-likeness (QED) is 0.765. The number of nitrogens with one attached hydrogen (secondary N) is 1. The lowest BCUT2D eigenvalue weighted by Gasteiger charge is -2.30. The van der Waals surface area contributed by atoms with Gasteiger partial charge >= 0.3 is 6.18 Å². The van der Waals surface area contributed by atoms with Crippen molar-refractivity contribution in [3.8, 4) is 0 Å². The Morgan fingerprint density at radius 1 is 1.33 bits per heavy atom. The Hall–Kier alpha value is -1.31. The van der Waals surface area contributed by atoms with E-state index in [1.807, 2.05) is 0 Å². The topological polar surface area (TPSA) is 75.4 Å². The highest BCUT2D eigenvalue weighted by molar-refractivity contribution is 5.85. The van der Waals surface area contributed by atoms with E-state index in [4.69, 9.17) is 5.73 Å². The lowest BCUT2D eigenvalue weighted by Crippen LogP contribution is -2.45. The van der Waals surface area contributed by atoms with E-state index in [2.05, 4.69) is 5.32 Å². The number of amides is 1. The number of hydrogen-bond donors (Lipinski definition) is 3. The largest absolute Gasteiger partial charge is 0.416 e. The van der Waals surface area contributed by atoms with Gasteiger partial charge in [-0.15, -0.1) is 12.4 Å². The molecule has 1 aromatic rings. The maximum absolute atomic E-state index is 12.6. The van der Waals surface area contributed by atoms with Gasteiger partial charge in [-0.05, 0) is 37.3 Å². The molecule has 0 spiro atoms. The van der Waals surface area contributed by atoms with Crippen molar-refractivity contribution in [3.05, 3.63) is 35.4 Å². The lowest BCUT2D eigenvalue weighted by molar-refractivity contribution is -0.137. The first-order chi connectivity index (χ1) is 10.8. The van der Waals surface area contributed by atoms with E-state index in [9.17, 15) is 23.1 Å². The van der Waals surface area contributed by atoms with Gasteiger partial charge < -0.3 is 16.2 Å². The molecule has 136 valence electrons. The van der Waals surface area contributed by atoms with Gasteiger partial charge in [0.1, 0.15) is 0 Å². The molecule has 3 atom stereocenters. The van der Waals surface area contributed by atoms with Crippen LogP contribution in [0.15, 0.2) is 24.3 Å². The van der Waals surface area contributed by atoms with Crippen LogP contribution < -0.4 is 11.1 Å². The third kappa shape index (κ3) is 5.65. The smallest absolute Gasteiger partial charge is 0.392 e. The summed E-state index contributed by atoms with van der Waals surface area (Å²) in [5.74, 6) is -0.394. The summed E-state index contributed by atoms with van der Waals surface area (Å²) in [7, 11) is 0. The molecule has 1 amide bonds. The minimum Gasteiger partial charge on any atom is -0.392 e. The van der Waals surface area contributed by atoms with E-state index in [-0.39, 0.29) is 30.8 Å². The van der Waals surface area contributed by atoms with Crippen LogP contribution in [0.4, 0.5) is 13.2 Å². The van der Waals surface area contributed by atoms with E-state index in [0.29, 0.717) is 31.2 Å². The molecule has 0 unspecified atom stereocenters. The molecule has 1 fully saturated rings.